The number of ether oxygens (including phenoxy) is 1. The van der Waals surface area contributed by atoms with Crippen molar-refractivity contribution >= 4 is 19.8 Å². The molecule has 154 valence electrons. The van der Waals surface area contributed by atoms with Crippen LogP contribution in [0.5, 0.6) is 5.75 Å². The molecule has 0 aliphatic carbocycles. The molecule has 2 amide bonds. The van der Waals surface area contributed by atoms with Crippen LogP contribution in [0.15, 0.2) is 66.4 Å². The molecule has 0 aromatic heterocycles. The van der Waals surface area contributed by atoms with Crippen molar-refractivity contribution in [2.75, 3.05) is 12.0 Å². The lowest BCUT2D eigenvalue weighted by atomic mass is 10.0. The quantitative estimate of drug-likeness (QED) is 0.549. The maximum Gasteiger partial charge on any atom is 0.325 e. The van der Waals surface area contributed by atoms with Crippen LogP contribution in [-0.4, -0.2) is 38.2 Å². The largest absolute Gasteiger partial charge is 0.497 e. The number of carbonyl (C=O) groups is 1. The van der Waals surface area contributed by atoms with Crippen molar-refractivity contribution < 1.29 is 9.53 Å². The summed E-state index contributed by atoms with van der Waals surface area (Å²) in [4.78, 5) is 17.4. The van der Waals surface area contributed by atoms with Crippen molar-refractivity contribution in [3.8, 4) is 5.75 Å². The fourth-order valence-electron chi connectivity index (χ4n) is 3.78. The Balaban J connectivity index is 1.89. The summed E-state index contributed by atoms with van der Waals surface area (Å²) in [6.07, 6.45) is 3.14. The third kappa shape index (κ3) is 5.09. The van der Waals surface area contributed by atoms with Crippen molar-refractivity contribution in [2.24, 2.45) is 0 Å². The molecule has 1 aliphatic heterocycles. The zero-order valence-electron chi connectivity index (χ0n) is 18.1. The Morgan fingerprint density at radius 3 is 2.28 bits per heavy atom. The Morgan fingerprint density at radius 2 is 1.69 bits per heavy atom. The van der Waals surface area contributed by atoms with Gasteiger partial charge in [0.05, 0.1) is 27.3 Å². The molecule has 0 spiro atoms. The van der Waals surface area contributed by atoms with Gasteiger partial charge in [0.1, 0.15) is 5.75 Å². The van der Waals surface area contributed by atoms with Crippen molar-refractivity contribution in [1.29, 1.82) is 0 Å². The van der Waals surface area contributed by atoms with Gasteiger partial charge in [-0.05, 0) is 43.2 Å². The van der Waals surface area contributed by atoms with E-state index < -0.39 is 8.07 Å². The van der Waals surface area contributed by atoms with Crippen molar-refractivity contribution in [1.82, 2.24) is 4.90 Å². The van der Waals surface area contributed by atoms with Crippen molar-refractivity contribution in [3.63, 3.8) is 0 Å². The van der Waals surface area contributed by atoms with Gasteiger partial charge >= 0.3 is 6.03 Å². The van der Waals surface area contributed by atoms with Crippen LogP contribution in [0.2, 0.25) is 19.6 Å². The Labute approximate surface area is 175 Å². The zero-order chi connectivity index (χ0) is 21.0. The molecule has 0 bridgehead atoms. The van der Waals surface area contributed by atoms with E-state index in [2.05, 4.69) is 50.5 Å². The van der Waals surface area contributed by atoms with E-state index in [4.69, 9.17) is 4.74 Å². The van der Waals surface area contributed by atoms with Crippen molar-refractivity contribution in [3.05, 3.63) is 71.9 Å². The van der Waals surface area contributed by atoms with Gasteiger partial charge in [0.2, 0.25) is 0 Å². The molecule has 29 heavy (non-hydrogen) atoms. The molecule has 3 rings (SSSR count). The number of rotatable bonds is 7. The van der Waals surface area contributed by atoms with E-state index >= 15 is 0 Å². The molecular weight excluding hydrogens is 376 g/mol. The van der Waals surface area contributed by atoms with E-state index in [1.54, 1.807) is 7.11 Å². The number of amides is 2. The van der Waals surface area contributed by atoms with Crippen LogP contribution in [0.3, 0.4) is 0 Å². The summed E-state index contributed by atoms with van der Waals surface area (Å²) in [5.41, 5.74) is 4.45. The maximum atomic E-state index is 13.5. The molecule has 0 N–H and O–H groups in total. The number of carbonyl (C=O) groups excluding carboxylic acids is 1. The van der Waals surface area contributed by atoms with Gasteiger partial charge in [-0.1, -0.05) is 61.7 Å². The van der Waals surface area contributed by atoms with Crippen LogP contribution in [0, 0.1) is 0 Å². The Morgan fingerprint density at radius 1 is 1.03 bits per heavy atom. The second-order valence-electron chi connectivity index (χ2n) is 8.78. The van der Waals surface area contributed by atoms with Gasteiger partial charge in [-0.15, -0.1) is 0 Å². The van der Waals surface area contributed by atoms with Gasteiger partial charge in [-0.3, -0.25) is 4.90 Å². The molecule has 0 saturated carbocycles. The van der Waals surface area contributed by atoms with Gasteiger partial charge in [-0.25, -0.2) is 4.79 Å². The summed E-state index contributed by atoms with van der Waals surface area (Å²) in [5.74, 6) is 0.796. The molecule has 2 aromatic carbocycles. The molecule has 2 atom stereocenters. The van der Waals surface area contributed by atoms with Crippen molar-refractivity contribution in [2.45, 2.75) is 51.6 Å². The molecule has 1 aliphatic rings. The first kappa shape index (κ1) is 21.2. The van der Waals surface area contributed by atoms with Crippen LogP contribution in [0.1, 0.15) is 18.9 Å². The number of benzene rings is 2. The van der Waals surface area contributed by atoms with E-state index in [0.717, 1.165) is 23.4 Å². The Hall–Kier alpha value is -2.53. The first-order valence-corrected chi connectivity index (χ1v) is 13.8. The second-order valence-corrected chi connectivity index (χ2v) is 13.8. The molecule has 0 unspecified atom stereocenters. The van der Waals surface area contributed by atoms with Crippen LogP contribution in [0.4, 0.5) is 10.5 Å². The SMILES string of the molecule is COc1ccc(N2C(=O)N(Cc3ccccc3)[C@H](C)[C@H]2C/C=C/[Si](C)(C)C)cc1. The van der Waals surface area contributed by atoms with E-state index in [1.807, 2.05) is 52.3 Å². The maximum absolute atomic E-state index is 13.5. The fraction of sp³-hybridized carbons (Fsp3) is 0.375. The third-order valence-corrected chi connectivity index (χ3v) is 6.61. The predicted octanol–water partition coefficient (Wildman–Crippen LogP) is 5.72. The monoisotopic (exact) mass is 408 g/mol. The van der Waals surface area contributed by atoms with Gasteiger partial charge in [0.15, 0.2) is 0 Å². The number of methoxy groups -OCH3 is 1. The number of anilines is 1. The van der Waals surface area contributed by atoms with Crippen LogP contribution in [0.25, 0.3) is 0 Å². The second kappa shape index (κ2) is 8.87. The smallest absolute Gasteiger partial charge is 0.325 e. The van der Waals surface area contributed by atoms with E-state index in [1.165, 1.54) is 0 Å². The lowest BCUT2D eigenvalue weighted by Gasteiger charge is -2.25. The van der Waals surface area contributed by atoms with Gasteiger partial charge in [0, 0.05) is 12.2 Å². The summed E-state index contributed by atoms with van der Waals surface area (Å²) < 4.78 is 5.29. The van der Waals surface area contributed by atoms with E-state index in [0.29, 0.717) is 6.54 Å². The van der Waals surface area contributed by atoms with E-state index in [9.17, 15) is 4.79 Å². The zero-order valence-corrected chi connectivity index (χ0v) is 19.1. The summed E-state index contributed by atoms with van der Waals surface area (Å²) >= 11 is 0. The Bertz CT molecular complexity index is 843. The molecule has 0 radical (unpaired) electrons. The van der Waals surface area contributed by atoms with Gasteiger partial charge < -0.3 is 9.64 Å². The topological polar surface area (TPSA) is 32.8 Å². The average molecular weight is 409 g/mol. The summed E-state index contributed by atoms with van der Waals surface area (Å²) in [5, 5.41) is 0. The minimum absolute atomic E-state index is 0.0675. The molecule has 2 aromatic rings. The lowest BCUT2D eigenvalue weighted by molar-refractivity contribution is 0.203. The fourth-order valence-corrected chi connectivity index (χ4v) is 4.62. The number of hydrogen-bond donors (Lipinski definition) is 0. The number of hydrogen-bond acceptors (Lipinski definition) is 2. The molecular formula is C24H32N2O2Si. The minimum atomic E-state index is -1.27. The minimum Gasteiger partial charge on any atom is -0.497 e. The van der Waals surface area contributed by atoms with Crippen LogP contribution >= 0.6 is 0 Å². The predicted molar refractivity (Wildman–Crippen MR) is 123 cm³/mol. The highest BCUT2D eigenvalue weighted by Crippen LogP contribution is 2.33. The summed E-state index contributed by atoms with van der Waals surface area (Å²) in [6, 6.07) is 18.3. The first-order valence-electron chi connectivity index (χ1n) is 10.3. The normalized spacial score (nSPS) is 20.0. The molecule has 1 fully saturated rings. The lowest BCUT2D eigenvalue weighted by Crippen LogP contribution is -2.35. The highest BCUT2D eigenvalue weighted by Gasteiger charge is 2.43. The van der Waals surface area contributed by atoms with Gasteiger partial charge in [0.25, 0.3) is 0 Å². The first-order chi connectivity index (χ1) is 13.8. The number of urea groups is 1. The highest BCUT2D eigenvalue weighted by atomic mass is 28.3. The highest BCUT2D eigenvalue weighted by molar-refractivity contribution is 6.80. The molecule has 4 nitrogen and oxygen atoms in total. The molecule has 5 heteroatoms. The summed E-state index contributed by atoms with van der Waals surface area (Å²) in [7, 11) is 0.382. The Kier molecular flexibility index (Phi) is 6.48. The average Bonchev–Trinajstić information content (AvgIpc) is 2.92. The molecule has 1 saturated heterocycles. The summed E-state index contributed by atoms with van der Waals surface area (Å²) in [6.45, 7) is 9.78. The van der Waals surface area contributed by atoms with Crippen LogP contribution in [-0.2, 0) is 6.54 Å². The van der Waals surface area contributed by atoms with Gasteiger partial charge in [-0.2, -0.15) is 0 Å². The van der Waals surface area contributed by atoms with E-state index in [-0.39, 0.29) is 18.1 Å². The standard InChI is InChI=1S/C24H32N2O2Si/c1-19-23(12-9-17-29(3,4)5)26(21-13-15-22(28-2)16-14-21)24(27)25(19)18-20-10-7-6-8-11-20/h6-11,13-17,19,23H,12,18H2,1-5H3/b17-9+/t19-,23-/m1/s1. The third-order valence-electron chi connectivity index (χ3n) is 5.37. The number of nitrogens with zero attached hydrogens (tertiary/aromatic N) is 2. The molecule has 1 heterocycles. The van der Waals surface area contributed by atoms with Crippen LogP contribution < -0.4 is 9.64 Å².